The van der Waals surface area contributed by atoms with Gasteiger partial charge in [0.25, 0.3) is 0 Å². The monoisotopic (exact) mass is 159 g/mol. The summed E-state index contributed by atoms with van der Waals surface area (Å²) in [6, 6.07) is 0. The Kier molecular flexibility index (Phi) is 4.45. The van der Waals surface area contributed by atoms with Crippen molar-refractivity contribution in [2.24, 2.45) is 0 Å². The van der Waals surface area contributed by atoms with Crippen molar-refractivity contribution in [3.8, 4) is 0 Å². The fourth-order valence-corrected chi connectivity index (χ4v) is 0.565. The van der Waals surface area contributed by atoms with Crippen LogP contribution in [0.4, 0.5) is 0 Å². The van der Waals surface area contributed by atoms with Crippen LogP contribution in [0.5, 0.6) is 0 Å². The van der Waals surface area contributed by atoms with Crippen molar-refractivity contribution in [1.82, 2.24) is 5.32 Å². The Morgan fingerprint density at radius 3 is 2.45 bits per heavy atom. The number of Topliss-reactive ketones (excluding diaryl/α,β-unsaturated/α-hetero) is 1. The summed E-state index contributed by atoms with van der Waals surface area (Å²) in [6.45, 7) is 3.07. The Balaban J connectivity index is 3.60. The zero-order valence-corrected chi connectivity index (χ0v) is 6.76. The number of carbonyl (C=O) groups is 2. The summed E-state index contributed by atoms with van der Waals surface area (Å²) in [6.07, 6.45) is -0.539. The predicted molar refractivity (Wildman–Crippen MR) is 39.7 cm³/mol. The third-order valence-electron chi connectivity index (χ3n) is 1.12. The zero-order chi connectivity index (χ0) is 8.85. The molecule has 0 aromatic carbocycles. The number of hydrogen-bond donors (Lipinski definition) is 2. The molecule has 1 atom stereocenters. The predicted octanol–water partition coefficient (Wildman–Crippen LogP) is -0.190. The lowest BCUT2D eigenvalue weighted by Gasteiger charge is -2.08. The normalized spacial score (nSPS) is 12.3. The molecule has 0 aliphatic rings. The van der Waals surface area contributed by atoms with Crippen LogP contribution in [0.3, 0.4) is 0 Å². The van der Waals surface area contributed by atoms with E-state index >= 15 is 0 Å². The second-order valence-electron chi connectivity index (χ2n) is 2.37. The van der Waals surface area contributed by atoms with Crippen molar-refractivity contribution in [1.29, 1.82) is 0 Å². The standard InChI is InChI=1S/C7H13NO3/c1-3-6(10)8-7(11)4-5(2)9/h6,10H,3-4H2,1-2H3,(H,8,11). The van der Waals surface area contributed by atoms with E-state index in [-0.39, 0.29) is 12.2 Å². The molecular formula is C7H13NO3. The molecule has 0 saturated heterocycles. The van der Waals surface area contributed by atoms with Gasteiger partial charge < -0.3 is 10.4 Å². The molecule has 0 bridgehead atoms. The molecule has 0 rings (SSSR count). The highest BCUT2D eigenvalue weighted by atomic mass is 16.3. The lowest BCUT2D eigenvalue weighted by molar-refractivity contribution is -0.129. The van der Waals surface area contributed by atoms with Crippen LogP contribution in [0.15, 0.2) is 0 Å². The number of nitrogens with one attached hydrogen (secondary N) is 1. The van der Waals surface area contributed by atoms with Crippen LogP contribution in [0.2, 0.25) is 0 Å². The first-order valence-electron chi connectivity index (χ1n) is 3.53. The summed E-state index contributed by atoms with van der Waals surface area (Å²) in [4.78, 5) is 21.1. The maximum atomic E-state index is 10.7. The van der Waals surface area contributed by atoms with Gasteiger partial charge in [-0.05, 0) is 13.3 Å². The van der Waals surface area contributed by atoms with Crippen LogP contribution >= 0.6 is 0 Å². The Labute approximate surface area is 65.6 Å². The molecule has 0 aromatic heterocycles. The average Bonchev–Trinajstić information content (AvgIpc) is 1.85. The maximum Gasteiger partial charge on any atom is 0.229 e. The molecule has 0 aliphatic heterocycles. The summed E-state index contributed by atoms with van der Waals surface area (Å²) < 4.78 is 0. The van der Waals surface area contributed by atoms with Crippen molar-refractivity contribution in [2.45, 2.75) is 32.9 Å². The minimum Gasteiger partial charge on any atom is -0.374 e. The van der Waals surface area contributed by atoms with E-state index in [0.717, 1.165) is 0 Å². The van der Waals surface area contributed by atoms with Crippen molar-refractivity contribution < 1.29 is 14.7 Å². The largest absolute Gasteiger partial charge is 0.374 e. The molecule has 0 aliphatic carbocycles. The number of rotatable bonds is 4. The lowest BCUT2D eigenvalue weighted by atomic mass is 10.3. The fourth-order valence-electron chi connectivity index (χ4n) is 0.565. The summed E-state index contributed by atoms with van der Waals surface area (Å²) >= 11 is 0. The molecule has 1 unspecified atom stereocenters. The van der Waals surface area contributed by atoms with Gasteiger partial charge in [0, 0.05) is 0 Å². The molecule has 0 fully saturated rings. The Bertz CT molecular complexity index is 156. The first-order valence-corrected chi connectivity index (χ1v) is 3.53. The molecule has 4 heteroatoms. The topological polar surface area (TPSA) is 66.4 Å². The average molecular weight is 159 g/mol. The van der Waals surface area contributed by atoms with Crippen molar-refractivity contribution in [3.05, 3.63) is 0 Å². The van der Waals surface area contributed by atoms with Crippen LogP contribution in [-0.4, -0.2) is 23.0 Å². The van der Waals surface area contributed by atoms with Crippen LogP contribution in [0.25, 0.3) is 0 Å². The highest BCUT2D eigenvalue weighted by Crippen LogP contribution is 1.87. The van der Waals surface area contributed by atoms with Gasteiger partial charge in [-0.25, -0.2) is 0 Å². The second-order valence-corrected chi connectivity index (χ2v) is 2.37. The van der Waals surface area contributed by atoms with Crippen molar-refractivity contribution in [2.75, 3.05) is 0 Å². The first-order chi connectivity index (χ1) is 5.06. The molecule has 4 nitrogen and oxygen atoms in total. The highest BCUT2D eigenvalue weighted by Gasteiger charge is 2.07. The Morgan fingerprint density at radius 1 is 1.55 bits per heavy atom. The van der Waals surface area contributed by atoms with Gasteiger partial charge in [-0.15, -0.1) is 0 Å². The zero-order valence-electron chi connectivity index (χ0n) is 6.76. The molecule has 2 N–H and O–H groups in total. The smallest absolute Gasteiger partial charge is 0.229 e. The second kappa shape index (κ2) is 4.85. The molecule has 0 spiro atoms. The van der Waals surface area contributed by atoms with E-state index < -0.39 is 12.1 Å². The Morgan fingerprint density at radius 2 is 2.09 bits per heavy atom. The van der Waals surface area contributed by atoms with Crippen LogP contribution in [0.1, 0.15) is 26.7 Å². The number of carbonyl (C=O) groups excluding carboxylic acids is 2. The van der Waals surface area contributed by atoms with E-state index in [2.05, 4.69) is 5.32 Å². The molecule has 0 aromatic rings. The molecule has 0 radical (unpaired) electrons. The van der Waals surface area contributed by atoms with E-state index in [1.54, 1.807) is 6.92 Å². The van der Waals surface area contributed by atoms with Gasteiger partial charge in [-0.3, -0.25) is 9.59 Å². The van der Waals surface area contributed by atoms with Gasteiger partial charge in [-0.2, -0.15) is 0 Å². The minimum absolute atomic E-state index is 0.156. The summed E-state index contributed by atoms with van der Waals surface area (Å²) in [7, 11) is 0. The van der Waals surface area contributed by atoms with Gasteiger partial charge in [-0.1, -0.05) is 6.92 Å². The number of aliphatic hydroxyl groups is 1. The molecule has 11 heavy (non-hydrogen) atoms. The molecular weight excluding hydrogens is 146 g/mol. The Hall–Kier alpha value is -0.900. The van der Waals surface area contributed by atoms with Gasteiger partial charge in [0.05, 0.1) is 6.42 Å². The number of hydrogen-bond acceptors (Lipinski definition) is 3. The molecule has 0 heterocycles. The minimum atomic E-state index is -0.832. The van der Waals surface area contributed by atoms with Crippen LogP contribution in [-0.2, 0) is 9.59 Å². The summed E-state index contributed by atoms with van der Waals surface area (Å²) in [5.41, 5.74) is 0. The van der Waals surface area contributed by atoms with Gasteiger partial charge in [0.1, 0.15) is 12.0 Å². The highest BCUT2D eigenvalue weighted by molar-refractivity contribution is 5.96. The maximum absolute atomic E-state index is 10.7. The van der Waals surface area contributed by atoms with Gasteiger partial charge in [0.15, 0.2) is 0 Å². The van der Waals surface area contributed by atoms with Crippen LogP contribution < -0.4 is 5.32 Å². The SMILES string of the molecule is CCC(O)NC(=O)CC(C)=O. The molecule has 64 valence electrons. The van der Waals surface area contributed by atoms with Crippen molar-refractivity contribution in [3.63, 3.8) is 0 Å². The van der Waals surface area contributed by atoms with E-state index in [9.17, 15) is 9.59 Å². The first kappa shape index (κ1) is 10.1. The quantitative estimate of drug-likeness (QED) is 0.441. The fraction of sp³-hybridized carbons (Fsp3) is 0.714. The van der Waals surface area contributed by atoms with Gasteiger partial charge in [0.2, 0.25) is 5.91 Å². The third kappa shape index (κ3) is 5.54. The van der Waals surface area contributed by atoms with Gasteiger partial charge >= 0.3 is 0 Å². The van der Waals surface area contributed by atoms with E-state index in [1.165, 1.54) is 6.92 Å². The summed E-state index contributed by atoms with van der Waals surface area (Å²) in [5, 5.41) is 11.2. The summed E-state index contributed by atoms with van der Waals surface area (Å²) in [5.74, 6) is -0.627. The third-order valence-corrected chi connectivity index (χ3v) is 1.12. The molecule has 0 saturated carbocycles. The van der Waals surface area contributed by atoms with E-state index in [1.807, 2.05) is 0 Å². The molecule has 1 amide bonds. The lowest BCUT2D eigenvalue weighted by Crippen LogP contribution is -2.34. The number of aliphatic hydroxyl groups excluding tert-OH is 1. The van der Waals surface area contributed by atoms with E-state index in [0.29, 0.717) is 6.42 Å². The van der Waals surface area contributed by atoms with Crippen LogP contribution in [0, 0.1) is 0 Å². The van der Waals surface area contributed by atoms with Crippen molar-refractivity contribution >= 4 is 11.7 Å². The number of amides is 1. The number of ketones is 1. The van der Waals surface area contributed by atoms with E-state index in [4.69, 9.17) is 5.11 Å².